The highest BCUT2D eigenvalue weighted by Gasteiger charge is 2.31. The monoisotopic (exact) mass is 304 g/mol. The van der Waals surface area contributed by atoms with Crippen LogP contribution >= 0.6 is 11.6 Å². The van der Waals surface area contributed by atoms with Gasteiger partial charge in [0, 0.05) is 17.3 Å². The highest BCUT2D eigenvalue weighted by atomic mass is 35.5. The van der Waals surface area contributed by atoms with E-state index >= 15 is 0 Å². The van der Waals surface area contributed by atoms with Crippen molar-refractivity contribution in [3.8, 4) is 6.07 Å². The average Bonchev–Trinajstić information content (AvgIpc) is 2.33. The number of nitrogens with one attached hydrogen (secondary N) is 1. The summed E-state index contributed by atoms with van der Waals surface area (Å²) in [6.45, 7) is 4.14. The fraction of sp³-hybridized carbons (Fsp3) is 0.500. The molecule has 6 heteroatoms. The summed E-state index contributed by atoms with van der Waals surface area (Å²) < 4.78 is 37.8. The summed E-state index contributed by atoms with van der Waals surface area (Å²) in [5.41, 5.74) is -0.864. The maximum atomic E-state index is 12.6. The lowest BCUT2D eigenvalue weighted by Crippen LogP contribution is -2.12. The lowest BCUT2D eigenvalue weighted by Gasteiger charge is -2.15. The zero-order chi connectivity index (χ0) is 15.4. The van der Waals surface area contributed by atoms with Crippen molar-refractivity contribution in [3.63, 3.8) is 0 Å². The number of hydrogen-bond acceptors (Lipinski definition) is 2. The molecule has 2 nitrogen and oxygen atoms in total. The van der Waals surface area contributed by atoms with Gasteiger partial charge in [-0.25, -0.2) is 0 Å². The molecule has 20 heavy (non-hydrogen) atoms. The molecule has 0 aromatic heterocycles. The van der Waals surface area contributed by atoms with Crippen LogP contribution in [0.3, 0.4) is 0 Å². The van der Waals surface area contributed by atoms with E-state index < -0.39 is 17.2 Å². The van der Waals surface area contributed by atoms with Crippen molar-refractivity contribution in [1.82, 2.24) is 0 Å². The van der Waals surface area contributed by atoms with Crippen molar-refractivity contribution < 1.29 is 13.2 Å². The van der Waals surface area contributed by atoms with E-state index in [0.717, 1.165) is 12.1 Å². The Balaban J connectivity index is 2.62. The third-order valence-corrected chi connectivity index (χ3v) is 3.05. The van der Waals surface area contributed by atoms with Crippen molar-refractivity contribution in [1.29, 1.82) is 5.26 Å². The first-order valence-electron chi connectivity index (χ1n) is 6.17. The molecule has 0 amide bonds. The number of nitriles is 1. The zero-order valence-corrected chi connectivity index (χ0v) is 12.1. The first-order valence-corrected chi connectivity index (χ1v) is 6.55. The van der Waals surface area contributed by atoms with E-state index in [-0.39, 0.29) is 5.02 Å². The van der Waals surface area contributed by atoms with Gasteiger partial charge in [0.1, 0.15) is 0 Å². The van der Waals surface area contributed by atoms with Gasteiger partial charge in [0.2, 0.25) is 0 Å². The standard InChI is InChI=1S/C14H16ClF3N2/c1-13(2,9-19)4-3-5-20-12-7-10(14(16,17)18)6-11(15)8-12/h6-8,20H,3-5H2,1-2H3. The van der Waals surface area contributed by atoms with E-state index in [0.29, 0.717) is 25.1 Å². The molecule has 0 fully saturated rings. The first-order chi connectivity index (χ1) is 9.14. The predicted molar refractivity (Wildman–Crippen MR) is 73.6 cm³/mol. The molecule has 0 spiro atoms. The number of hydrogen-bond donors (Lipinski definition) is 1. The number of nitrogens with zero attached hydrogens (tertiary/aromatic N) is 1. The number of benzene rings is 1. The van der Waals surface area contributed by atoms with Gasteiger partial charge in [-0.05, 0) is 44.9 Å². The molecule has 1 aromatic carbocycles. The zero-order valence-electron chi connectivity index (χ0n) is 11.3. The van der Waals surface area contributed by atoms with Crippen LogP contribution in [0.15, 0.2) is 18.2 Å². The average molecular weight is 305 g/mol. The van der Waals surface area contributed by atoms with E-state index in [1.807, 2.05) is 13.8 Å². The van der Waals surface area contributed by atoms with Crippen molar-refractivity contribution in [2.75, 3.05) is 11.9 Å². The number of halogens is 4. The normalized spacial score (nSPS) is 12.1. The molecule has 0 aliphatic carbocycles. The van der Waals surface area contributed by atoms with Gasteiger partial charge in [-0.1, -0.05) is 11.6 Å². The van der Waals surface area contributed by atoms with Gasteiger partial charge < -0.3 is 5.32 Å². The van der Waals surface area contributed by atoms with Crippen molar-refractivity contribution in [2.45, 2.75) is 32.9 Å². The lowest BCUT2D eigenvalue weighted by molar-refractivity contribution is -0.137. The predicted octanol–water partition coefficient (Wildman–Crippen LogP) is 5.10. The quantitative estimate of drug-likeness (QED) is 0.768. The smallest absolute Gasteiger partial charge is 0.385 e. The van der Waals surface area contributed by atoms with E-state index in [4.69, 9.17) is 16.9 Å². The molecule has 0 saturated carbocycles. The summed E-state index contributed by atoms with van der Waals surface area (Å²) in [6, 6.07) is 5.55. The van der Waals surface area contributed by atoms with Crippen LogP contribution in [-0.2, 0) is 6.18 Å². The second-order valence-electron chi connectivity index (χ2n) is 5.25. The number of anilines is 1. The van der Waals surface area contributed by atoms with Crippen molar-refractivity contribution in [2.24, 2.45) is 5.41 Å². The molecule has 0 atom stereocenters. The minimum Gasteiger partial charge on any atom is -0.385 e. The highest BCUT2D eigenvalue weighted by molar-refractivity contribution is 6.30. The molecule has 1 aromatic rings. The van der Waals surface area contributed by atoms with E-state index in [1.54, 1.807) is 0 Å². The van der Waals surface area contributed by atoms with Crippen LogP contribution in [0, 0.1) is 16.7 Å². The van der Waals surface area contributed by atoms with Gasteiger partial charge in [0.05, 0.1) is 17.0 Å². The van der Waals surface area contributed by atoms with Crippen LogP contribution in [0.25, 0.3) is 0 Å². The summed E-state index contributed by atoms with van der Waals surface area (Å²) in [7, 11) is 0. The van der Waals surface area contributed by atoms with Crippen LogP contribution in [0.4, 0.5) is 18.9 Å². The summed E-state index contributed by atoms with van der Waals surface area (Å²) in [5.74, 6) is 0. The summed E-state index contributed by atoms with van der Waals surface area (Å²) in [5, 5.41) is 11.8. The van der Waals surface area contributed by atoms with Gasteiger partial charge >= 0.3 is 6.18 Å². The van der Waals surface area contributed by atoms with Crippen LogP contribution in [0.1, 0.15) is 32.3 Å². The molecule has 1 rings (SSSR count). The number of alkyl halides is 3. The molecule has 0 unspecified atom stereocenters. The maximum absolute atomic E-state index is 12.6. The Morgan fingerprint density at radius 2 is 1.90 bits per heavy atom. The van der Waals surface area contributed by atoms with Crippen LogP contribution < -0.4 is 5.32 Å². The largest absolute Gasteiger partial charge is 0.416 e. The Morgan fingerprint density at radius 1 is 1.25 bits per heavy atom. The minimum atomic E-state index is -4.41. The Kier molecular flexibility index (Phi) is 5.29. The molecular weight excluding hydrogens is 289 g/mol. The Bertz CT molecular complexity index is 504. The summed E-state index contributed by atoms with van der Waals surface area (Å²) in [4.78, 5) is 0. The molecule has 0 aliphatic heterocycles. The van der Waals surface area contributed by atoms with Crippen LogP contribution in [0.2, 0.25) is 5.02 Å². The third kappa shape index (κ3) is 5.30. The topological polar surface area (TPSA) is 35.8 Å². The Labute approximate surface area is 121 Å². The molecule has 0 aliphatic rings. The molecular formula is C14H16ClF3N2. The molecule has 110 valence electrons. The second-order valence-corrected chi connectivity index (χ2v) is 5.69. The van der Waals surface area contributed by atoms with E-state index in [2.05, 4.69) is 11.4 Å². The molecule has 0 saturated heterocycles. The maximum Gasteiger partial charge on any atom is 0.416 e. The lowest BCUT2D eigenvalue weighted by atomic mass is 9.90. The Morgan fingerprint density at radius 3 is 2.45 bits per heavy atom. The van der Waals surface area contributed by atoms with Gasteiger partial charge in [-0.15, -0.1) is 0 Å². The summed E-state index contributed by atoms with van der Waals surface area (Å²) in [6.07, 6.45) is -3.05. The second kappa shape index (κ2) is 6.36. The van der Waals surface area contributed by atoms with Crippen molar-refractivity contribution in [3.05, 3.63) is 28.8 Å². The highest BCUT2D eigenvalue weighted by Crippen LogP contribution is 2.33. The molecule has 0 radical (unpaired) electrons. The van der Waals surface area contributed by atoms with Crippen molar-refractivity contribution >= 4 is 17.3 Å². The molecule has 1 N–H and O–H groups in total. The summed E-state index contributed by atoms with van der Waals surface area (Å²) >= 11 is 5.68. The fourth-order valence-corrected chi connectivity index (χ4v) is 1.91. The first kappa shape index (κ1) is 16.6. The number of rotatable bonds is 5. The fourth-order valence-electron chi connectivity index (χ4n) is 1.67. The Hall–Kier alpha value is -1.41. The SMILES string of the molecule is CC(C)(C#N)CCCNc1cc(Cl)cc(C(F)(F)F)c1. The van der Waals surface area contributed by atoms with Crippen LogP contribution in [-0.4, -0.2) is 6.54 Å². The van der Waals surface area contributed by atoms with Gasteiger partial charge in [-0.2, -0.15) is 18.4 Å². The third-order valence-electron chi connectivity index (χ3n) is 2.84. The van der Waals surface area contributed by atoms with Gasteiger partial charge in [0.15, 0.2) is 0 Å². The minimum absolute atomic E-state index is 0.0414. The molecule has 0 heterocycles. The van der Waals surface area contributed by atoms with E-state index in [1.165, 1.54) is 6.07 Å². The van der Waals surface area contributed by atoms with Gasteiger partial charge in [0.25, 0.3) is 0 Å². The van der Waals surface area contributed by atoms with Gasteiger partial charge in [-0.3, -0.25) is 0 Å². The van der Waals surface area contributed by atoms with Crippen LogP contribution in [0.5, 0.6) is 0 Å². The van der Waals surface area contributed by atoms with E-state index in [9.17, 15) is 13.2 Å². The molecule has 0 bridgehead atoms.